The highest BCUT2D eigenvalue weighted by Crippen LogP contribution is 2.44. The summed E-state index contributed by atoms with van der Waals surface area (Å²) in [7, 11) is 0. The van der Waals surface area contributed by atoms with Crippen LogP contribution in [0.5, 0.6) is 0 Å². The Morgan fingerprint density at radius 3 is 2.64 bits per heavy atom. The monoisotopic (exact) mass is 391 g/mol. The van der Waals surface area contributed by atoms with Gasteiger partial charge in [-0.05, 0) is 50.5 Å². The van der Waals surface area contributed by atoms with Gasteiger partial charge in [0.2, 0.25) is 5.91 Å². The molecule has 146 valence electrons. The van der Waals surface area contributed by atoms with Gasteiger partial charge in [-0.1, -0.05) is 25.7 Å². The smallest absolute Gasteiger partial charge is 0.228 e. The van der Waals surface area contributed by atoms with Crippen molar-refractivity contribution in [1.82, 2.24) is 15.5 Å². The highest BCUT2D eigenvalue weighted by Gasteiger charge is 2.50. The third kappa shape index (κ3) is 4.45. The van der Waals surface area contributed by atoms with E-state index in [0.29, 0.717) is 17.9 Å². The molecule has 0 aromatic carbocycles. The first-order valence-corrected chi connectivity index (χ1v) is 10.0. The number of hydrogen-bond acceptors (Lipinski definition) is 3. The second-order valence-corrected chi connectivity index (χ2v) is 8.60. The summed E-state index contributed by atoms with van der Waals surface area (Å²) in [5, 5.41) is 6.94. The number of rotatable bonds is 4. The Morgan fingerprint density at radius 1 is 1.08 bits per heavy atom. The van der Waals surface area contributed by atoms with Crippen molar-refractivity contribution in [1.29, 1.82) is 0 Å². The summed E-state index contributed by atoms with van der Waals surface area (Å²) < 4.78 is 0. The Morgan fingerprint density at radius 2 is 1.84 bits per heavy atom. The van der Waals surface area contributed by atoms with Gasteiger partial charge in [0, 0.05) is 32.2 Å². The highest BCUT2D eigenvalue weighted by atomic mass is 35.5. The average molecular weight is 392 g/mol. The molecule has 6 heteroatoms. The predicted octanol–water partition coefficient (Wildman–Crippen LogP) is 2.99. The van der Waals surface area contributed by atoms with Crippen LogP contribution in [-0.4, -0.2) is 49.6 Å². The first-order valence-electron chi connectivity index (χ1n) is 10.0. The Labute approximate surface area is 165 Å². The quantitative estimate of drug-likeness (QED) is 0.773. The summed E-state index contributed by atoms with van der Waals surface area (Å²) in [6.45, 7) is 5.47. The summed E-state index contributed by atoms with van der Waals surface area (Å²) in [6.07, 6.45) is 11.7. The van der Waals surface area contributed by atoms with Gasteiger partial charge in [0.05, 0.1) is 5.41 Å². The van der Waals surface area contributed by atoms with Crippen molar-refractivity contribution < 1.29 is 4.79 Å². The summed E-state index contributed by atoms with van der Waals surface area (Å²) in [5.74, 6) is 1.86. The van der Waals surface area contributed by atoms with Gasteiger partial charge in [-0.15, -0.1) is 24.8 Å². The van der Waals surface area contributed by atoms with Gasteiger partial charge in [0.25, 0.3) is 0 Å². The molecule has 2 saturated heterocycles. The molecule has 3 atom stereocenters. The molecule has 0 spiro atoms. The van der Waals surface area contributed by atoms with E-state index in [1.807, 2.05) is 0 Å². The van der Waals surface area contributed by atoms with E-state index in [2.05, 4.69) is 15.5 Å². The van der Waals surface area contributed by atoms with Gasteiger partial charge in [0.15, 0.2) is 0 Å². The molecule has 25 heavy (non-hydrogen) atoms. The number of hydrogen-bond donors (Lipinski definition) is 2. The third-order valence-corrected chi connectivity index (χ3v) is 7.09. The number of nitrogens with one attached hydrogen (secondary N) is 2. The summed E-state index contributed by atoms with van der Waals surface area (Å²) in [6, 6.07) is 0.390. The fourth-order valence-corrected chi connectivity index (χ4v) is 5.69. The highest BCUT2D eigenvalue weighted by molar-refractivity contribution is 5.85. The van der Waals surface area contributed by atoms with E-state index in [-0.39, 0.29) is 30.2 Å². The molecular weight excluding hydrogens is 357 g/mol. The van der Waals surface area contributed by atoms with Gasteiger partial charge in [-0.2, -0.15) is 0 Å². The second-order valence-electron chi connectivity index (χ2n) is 8.60. The van der Waals surface area contributed by atoms with Crippen molar-refractivity contribution in [2.24, 2.45) is 17.3 Å². The number of amides is 1. The number of nitrogens with zero attached hydrogens (tertiary/aromatic N) is 1. The lowest BCUT2D eigenvalue weighted by molar-refractivity contribution is -0.134. The van der Waals surface area contributed by atoms with Gasteiger partial charge in [-0.25, -0.2) is 0 Å². The van der Waals surface area contributed by atoms with Crippen LogP contribution in [0.15, 0.2) is 0 Å². The van der Waals surface area contributed by atoms with E-state index in [1.165, 1.54) is 58.0 Å². The molecule has 0 bridgehead atoms. The first kappa shape index (κ1) is 21.3. The minimum atomic E-state index is -0.0862. The lowest BCUT2D eigenvalue weighted by atomic mass is 9.67. The normalized spacial score (nSPS) is 35.7. The third-order valence-electron chi connectivity index (χ3n) is 7.09. The molecule has 2 aliphatic heterocycles. The molecular formula is C19H35Cl2N3O. The summed E-state index contributed by atoms with van der Waals surface area (Å²) >= 11 is 0. The van der Waals surface area contributed by atoms with Crippen LogP contribution in [0, 0.1) is 17.3 Å². The van der Waals surface area contributed by atoms with Crippen LogP contribution in [0.3, 0.4) is 0 Å². The fraction of sp³-hybridized carbons (Fsp3) is 0.947. The van der Waals surface area contributed by atoms with Gasteiger partial charge in [-0.3, -0.25) is 4.79 Å². The predicted molar refractivity (Wildman–Crippen MR) is 107 cm³/mol. The van der Waals surface area contributed by atoms with Crippen molar-refractivity contribution in [2.75, 3.05) is 32.7 Å². The molecule has 1 unspecified atom stereocenters. The maximum atomic E-state index is 13.0. The van der Waals surface area contributed by atoms with Crippen LogP contribution in [0.4, 0.5) is 0 Å². The zero-order chi connectivity index (χ0) is 15.7. The maximum Gasteiger partial charge on any atom is 0.228 e. The van der Waals surface area contributed by atoms with E-state index in [4.69, 9.17) is 0 Å². The van der Waals surface area contributed by atoms with Gasteiger partial charge in [0.1, 0.15) is 0 Å². The lowest BCUT2D eigenvalue weighted by Crippen LogP contribution is -2.51. The molecule has 2 saturated carbocycles. The zero-order valence-electron chi connectivity index (χ0n) is 15.3. The minimum Gasteiger partial charge on any atom is -0.351 e. The molecule has 4 nitrogen and oxygen atoms in total. The Balaban J connectivity index is 0.00000113. The van der Waals surface area contributed by atoms with Crippen molar-refractivity contribution in [3.05, 3.63) is 0 Å². The molecule has 4 aliphatic rings. The topological polar surface area (TPSA) is 44.4 Å². The largest absolute Gasteiger partial charge is 0.351 e. The average Bonchev–Trinajstić information content (AvgIpc) is 3.28. The van der Waals surface area contributed by atoms with E-state index >= 15 is 0 Å². The zero-order valence-corrected chi connectivity index (χ0v) is 16.9. The summed E-state index contributed by atoms with van der Waals surface area (Å²) in [5.41, 5.74) is -0.0862. The van der Waals surface area contributed by atoms with Crippen LogP contribution in [0.25, 0.3) is 0 Å². The molecule has 2 N–H and O–H groups in total. The Bertz CT molecular complexity index is 444. The van der Waals surface area contributed by atoms with E-state index in [1.54, 1.807) is 0 Å². The van der Waals surface area contributed by atoms with Crippen LogP contribution in [-0.2, 0) is 4.79 Å². The minimum absolute atomic E-state index is 0. The molecule has 4 fully saturated rings. The van der Waals surface area contributed by atoms with Gasteiger partial charge >= 0.3 is 0 Å². The van der Waals surface area contributed by atoms with Crippen molar-refractivity contribution in [3.8, 4) is 0 Å². The molecule has 0 aromatic heterocycles. The molecule has 0 radical (unpaired) electrons. The van der Waals surface area contributed by atoms with Crippen LogP contribution >= 0.6 is 24.8 Å². The van der Waals surface area contributed by atoms with E-state index < -0.39 is 0 Å². The van der Waals surface area contributed by atoms with Crippen molar-refractivity contribution in [3.63, 3.8) is 0 Å². The van der Waals surface area contributed by atoms with E-state index in [0.717, 1.165) is 38.4 Å². The maximum absolute atomic E-state index is 13.0. The van der Waals surface area contributed by atoms with Crippen LogP contribution < -0.4 is 10.6 Å². The lowest BCUT2D eigenvalue weighted by Gasteiger charge is -2.38. The number of fused-ring (bicyclic) bond motifs is 1. The standard InChI is InChI=1S/C19H33N3O.2ClH/c23-18(19-9-4-3-7-16(19)11-20-14-19)21-17-8-10-22(13-17)12-15-5-1-2-6-15;;/h15-17,20H,1-14H2,(H,21,23);2*1H/t16-,17?,19+;;/m0../s1. The number of likely N-dealkylation sites (tertiary alicyclic amines) is 1. The molecule has 1 amide bonds. The van der Waals surface area contributed by atoms with E-state index in [9.17, 15) is 4.79 Å². The number of carbonyl (C=O) groups excluding carboxylic acids is 1. The Hall–Kier alpha value is -0.0300. The summed E-state index contributed by atoms with van der Waals surface area (Å²) in [4.78, 5) is 15.6. The molecule has 0 aromatic rings. The SMILES string of the molecule is Cl.Cl.O=C(NC1CCN(CC2CCCC2)C1)[C@@]12CCCC[C@H]1CNC2. The molecule has 2 heterocycles. The van der Waals surface area contributed by atoms with Crippen LogP contribution in [0.1, 0.15) is 57.8 Å². The Kier molecular flexibility index (Phi) is 7.87. The number of halogens is 2. The second kappa shape index (κ2) is 9.25. The van der Waals surface area contributed by atoms with Crippen LogP contribution in [0.2, 0.25) is 0 Å². The molecule has 2 aliphatic carbocycles. The fourth-order valence-electron chi connectivity index (χ4n) is 5.69. The van der Waals surface area contributed by atoms with Crippen molar-refractivity contribution in [2.45, 2.75) is 63.8 Å². The molecule has 4 rings (SSSR count). The first-order chi connectivity index (χ1) is 11.3. The van der Waals surface area contributed by atoms with Crippen molar-refractivity contribution >= 4 is 30.7 Å². The van der Waals surface area contributed by atoms with Gasteiger partial charge < -0.3 is 15.5 Å². The number of carbonyl (C=O) groups is 1.